The number of nitrogens with one attached hydrogen (secondary N) is 1. The van der Waals surface area contributed by atoms with Crippen LogP contribution in [0.5, 0.6) is 0 Å². The Morgan fingerprint density at radius 3 is 2.46 bits per heavy atom. The van der Waals surface area contributed by atoms with Crippen LogP contribution in [0.1, 0.15) is 65.2 Å². The maximum atomic E-state index is 12.9. The molecule has 1 aliphatic carbocycles. The van der Waals surface area contributed by atoms with Crippen LogP contribution in [-0.4, -0.2) is 64.9 Å². The molecule has 3 atom stereocenters. The Kier molecular flexibility index (Phi) is 6.25. The lowest BCUT2D eigenvalue weighted by molar-refractivity contribution is -0.160. The van der Waals surface area contributed by atoms with E-state index in [9.17, 15) is 19.2 Å². The highest BCUT2D eigenvalue weighted by molar-refractivity contribution is 6.09. The molecule has 28 heavy (non-hydrogen) atoms. The quantitative estimate of drug-likeness (QED) is 0.581. The molecule has 1 saturated carbocycles. The molecule has 156 valence electrons. The molecule has 4 amide bonds. The van der Waals surface area contributed by atoms with Gasteiger partial charge in [0.25, 0.3) is 11.8 Å². The number of imide groups is 1. The zero-order valence-corrected chi connectivity index (χ0v) is 16.9. The van der Waals surface area contributed by atoms with E-state index in [0.29, 0.717) is 19.5 Å². The molecule has 2 aliphatic heterocycles. The van der Waals surface area contributed by atoms with Gasteiger partial charge < -0.3 is 15.0 Å². The average Bonchev–Trinajstić information content (AvgIpc) is 2.87. The normalized spacial score (nSPS) is 29.4. The third-order valence-electron chi connectivity index (χ3n) is 6.36. The van der Waals surface area contributed by atoms with E-state index in [1.165, 1.54) is 0 Å². The van der Waals surface area contributed by atoms with Crippen molar-refractivity contribution in [2.75, 3.05) is 19.6 Å². The Balaban J connectivity index is 1.57. The first-order chi connectivity index (χ1) is 13.3. The van der Waals surface area contributed by atoms with Crippen LogP contribution < -0.4 is 5.32 Å². The molecule has 0 unspecified atom stereocenters. The van der Waals surface area contributed by atoms with E-state index in [2.05, 4.69) is 5.32 Å². The Morgan fingerprint density at radius 1 is 1.14 bits per heavy atom. The Labute approximate surface area is 165 Å². The first-order valence-electron chi connectivity index (χ1n) is 10.5. The maximum absolute atomic E-state index is 12.9. The maximum Gasteiger partial charge on any atom is 0.327 e. The van der Waals surface area contributed by atoms with Gasteiger partial charge in [0, 0.05) is 13.1 Å². The van der Waals surface area contributed by atoms with E-state index in [1.54, 1.807) is 11.8 Å². The SMILES string of the molecule is C[C@H](OC(=O)CN1C(=O)N[C@]2(CCCC[C@H]2C)C1=O)C(=O)N1CCCCCC1. The van der Waals surface area contributed by atoms with Gasteiger partial charge in [0.2, 0.25) is 0 Å². The number of rotatable bonds is 4. The van der Waals surface area contributed by atoms with Crippen LogP contribution in [0.3, 0.4) is 0 Å². The zero-order valence-electron chi connectivity index (χ0n) is 16.9. The smallest absolute Gasteiger partial charge is 0.327 e. The van der Waals surface area contributed by atoms with Crippen LogP contribution in [0.25, 0.3) is 0 Å². The van der Waals surface area contributed by atoms with Crippen molar-refractivity contribution in [1.29, 1.82) is 0 Å². The predicted octanol–water partition coefficient (Wildman–Crippen LogP) is 1.82. The summed E-state index contributed by atoms with van der Waals surface area (Å²) < 4.78 is 5.26. The van der Waals surface area contributed by atoms with Crippen molar-refractivity contribution < 1.29 is 23.9 Å². The van der Waals surface area contributed by atoms with E-state index in [-0.39, 0.29) is 17.7 Å². The van der Waals surface area contributed by atoms with Crippen LogP contribution in [0.2, 0.25) is 0 Å². The summed E-state index contributed by atoms with van der Waals surface area (Å²) >= 11 is 0. The summed E-state index contributed by atoms with van der Waals surface area (Å²) in [7, 11) is 0. The molecular weight excluding hydrogens is 362 g/mol. The summed E-state index contributed by atoms with van der Waals surface area (Å²) in [6, 6.07) is -0.554. The number of ether oxygens (including phenoxy) is 1. The lowest BCUT2D eigenvalue weighted by Gasteiger charge is -2.36. The zero-order chi connectivity index (χ0) is 20.3. The summed E-state index contributed by atoms with van der Waals surface area (Å²) in [4.78, 5) is 52.8. The van der Waals surface area contributed by atoms with Crippen LogP contribution in [0.15, 0.2) is 0 Å². The number of likely N-dealkylation sites (tertiary alicyclic amines) is 1. The van der Waals surface area contributed by atoms with Gasteiger partial charge in [-0.1, -0.05) is 32.6 Å². The van der Waals surface area contributed by atoms with Gasteiger partial charge in [-0.05, 0) is 38.5 Å². The molecule has 0 aromatic carbocycles. The predicted molar refractivity (Wildman–Crippen MR) is 101 cm³/mol. The molecule has 3 aliphatic rings. The van der Waals surface area contributed by atoms with Gasteiger partial charge in [-0.2, -0.15) is 0 Å². The Hall–Kier alpha value is -2.12. The fraction of sp³-hybridized carbons (Fsp3) is 0.800. The fourth-order valence-electron chi connectivity index (χ4n) is 4.60. The molecule has 3 fully saturated rings. The van der Waals surface area contributed by atoms with Crippen molar-refractivity contribution in [3.63, 3.8) is 0 Å². The molecule has 2 heterocycles. The van der Waals surface area contributed by atoms with Crippen LogP contribution >= 0.6 is 0 Å². The van der Waals surface area contributed by atoms with E-state index in [4.69, 9.17) is 4.74 Å². The molecule has 8 nitrogen and oxygen atoms in total. The van der Waals surface area contributed by atoms with Gasteiger partial charge in [-0.25, -0.2) is 4.79 Å². The van der Waals surface area contributed by atoms with Gasteiger partial charge in [0.05, 0.1) is 0 Å². The summed E-state index contributed by atoms with van der Waals surface area (Å²) in [6.45, 7) is 4.39. The number of carbonyl (C=O) groups excluding carboxylic acids is 4. The van der Waals surface area contributed by atoms with Gasteiger partial charge in [-0.3, -0.25) is 19.3 Å². The molecule has 0 radical (unpaired) electrons. The molecule has 0 aromatic rings. The summed E-state index contributed by atoms with van der Waals surface area (Å²) in [5, 5.41) is 2.81. The minimum absolute atomic E-state index is 0.0299. The number of nitrogens with zero attached hydrogens (tertiary/aromatic N) is 2. The molecule has 0 aromatic heterocycles. The number of carbonyl (C=O) groups is 4. The van der Waals surface area contributed by atoms with Crippen molar-refractivity contribution in [1.82, 2.24) is 15.1 Å². The second kappa shape index (κ2) is 8.49. The van der Waals surface area contributed by atoms with E-state index in [0.717, 1.165) is 49.8 Å². The topological polar surface area (TPSA) is 96.0 Å². The monoisotopic (exact) mass is 393 g/mol. The molecule has 1 N–H and O–H groups in total. The van der Waals surface area contributed by atoms with Crippen LogP contribution in [0, 0.1) is 5.92 Å². The summed E-state index contributed by atoms with van der Waals surface area (Å²) in [6.07, 6.45) is 6.55. The van der Waals surface area contributed by atoms with Gasteiger partial charge >= 0.3 is 12.0 Å². The number of urea groups is 1. The highest BCUT2D eigenvalue weighted by Gasteiger charge is 2.55. The largest absolute Gasteiger partial charge is 0.451 e. The third-order valence-corrected chi connectivity index (χ3v) is 6.36. The molecule has 0 bridgehead atoms. The van der Waals surface area contributed by atoms with Crippen molar-refractivity contribution >= 4 is 23.8 Å². The molecular formula is C20H31N3O5. The first-order valence-corrected chi connectivity index (χ1v) is 10.5. The minimum Gasteiger partial charge on any atom is -0.451 e. The molecule has 8 heteroatoms. The lowest BCUT2D eigenvalue weighted by Crippen LogP contribution is -2.54. The number of amides is 4. The number of esters is 1. The standard InChI is InChI=1S/C20H31N3O5/c1-14-9-5-6-10-20(14)18(26)23(19(27)21-20)13-16(24)28-15(2)17(25)22-11-7-3-4-8-12-22/h14-15H,3-13H2,1-2H3,(H,21,27)/t14-,15+,20+/m1/s1. The molecule has 3 rings (SSSR count). The summed E-state index contributed by atoms with van der Waals surface area (Å²) in [5.74, 6) is -1.28. The highest BCUT2D eigenvalue weighted by atomic mass is 16.5. The van der Waals surface area contributed by atoms with Crippen LogP contribution in [0.4, 0.5) is 4.79 Å². The highest BCUT2D eigenvalue weighted by Crippen LogP contribution is 2.38. The molecule has 1 spiro atoms. The average molecular weight is 393 g/mol. The van der Waals surface area contributed by atoms with Gasteiger partial charge in [0.1, 0.15) is 12.1 Å². The molecule has 2 saturated heterocycles. The van der Waals surface area contributed by atoms with E-state index >= 15 is 0 Å². The number of hydrogen-bond donors (Lipinski definition) is 1. The van der Waals surface area contributed by atoms with Crippen molar-refractivity contribution in [2.24, 2.45) is 5.92 Å². The second-order valence-corrected chi connectivity index (χ2v) is 8.31. The van der Waals surface area contributed by atoms with Gasteiger partial charge in [0.15, 0.2) is 6.10 Å². The van der Waals surface area contributed by atoms with Crippen LogP contribution in [-0.2, 0) is 19.1 Å². The Bertz CT molecular complexity index is 644. The first kappa shape index (κ1) is 20.6. The van der Waals surface area contributed by atoms with Gasteiger partial charge in [-0.15, -0.1) is 0 Å². The Morgan fingerprint density at radius 2 is 1.82 bits per heavy atom. The summed E-state index contributed by atoms with van der Waals surface area (Å²) in [5.41, 5.74) is -0.900. The van der Waals surface area contributed by atoms with E-state index < -0.39 is 30.2 Å². The second-order valence-electron chi connectivity index (χ2n) is 8.31. The third kappa shape index (κ3) is 4.00. The van der Waals surface area contributed by atoms with Crippen molar-refractivity contribution in [3.05, 3.63) is 0 Å². The fourth-order valence-corrected chi connectivity index (χ4v) is 4.60. The van der Waals surface area contributed by atoms with Crippen molar-refractivity contribution in [3.8, 4) is 0 Å². The van der Waals surface area contributed by atoms with Crippen molar-refractivity contribution in [2.45, 2.75) is 76.9 Å². The minimum atomic E-state index is -0.922. The lowest BCUT2D eigenvalue weighted by atomic mass is 9.73. The number of hydrogen-bond acceptors (Lipinski definition) is 5. The van der Waals surface area contributed by atoms with E-state index in [1.807, 2.05) is 6.92 Å².